The van der Waals surface area contributed by atoms with E-state index < -0.39 is 12.0 Å². The van der Waals surface area contributed by atoms with Crippen molar-refractivity contribution in [2.45, 2.75) is 33.1 Å². The van der Waals surface area contributed by atoms with Crippen LogP contribution in [0.2, 0.25) is 0 Å². The Hall–Kier alpha value is -1.59. The monoisotopic (exact) mass is 215 g/mol. The van der Waals surface area contributed by atoms with Crippen LogP contribution in [-0.2, 0) is 4.79 Å². The largest absolute Gasteiger partial charge is 0.481 e. The summed E-state index contributed by atoms with van der Waals surface area (Å²) >= 11 is 0. The maximum atomic E-state index is 10.4. The smallest absolute Gasteiger partial charge is 0.332 e. The number of carbonyl (C=O) groups is 2. The van der Waals surface area contributed by atoms with Gasteiger partial charge in [-0.25, -0.2) is 10.2 Å². The summed E-state index contributed by atoms with van der Waals surface area (Å²) in [6.45, 7) is 3.62. The fourth-order valence-electron chi connectivity index (χ4n) is 1.06. The van der Waals surface area contributed by atoms with Gasteiger partial charge in [0.25, 0.3) is 0 Å². The molecule has 0 aromatic heterocycles. The van der Waals surface area contributed by atoms with Crippen LogP contribution in [0, 0.1) is 5.92 Å². The van der Waals surface area contributed by atoms with Gasteiger partial charge in [0, 0.05) is 12.1 Å². The quantitative estimate of drug-likeness (QED) is 0.453. The summed E-state index contributed by atoms with van der Waals surface area (Å²) in [5.41, 5.74) is 7.68. The van der Waals surface area contributed by atoms with E-state index in [1.54, 1.807) is 6.92 Å². The van der Waals surface area contributed by atoms with E-state index in [9.17, 15) is 9.59 Å². The van der Waals surface area contributed by atoms with Gasteiger partial charge in [0.1, 0.15) is 0 Å². The lowest BCUT2D eigenvalue weighted by atomic mass is 10.0. The summed E-state index contributed by atoms with van der Waals surface area (Å²) in [6.07, 6.45) is 1.52. The second kappa shape index (κ2) is 6.80. The predicted molar refractivity (Wildman–Crippen MR) is 56.5 cm³/mol. The molecule has 0 aliphatic rings. The molecule has 0 saturated carbocycles. The predicted octanol–water partition coefficient (Wildman–Crippen LogP) is 0.922. The van der Waals surface area contributed by atoms with E-state index in [1.807, 2.05) is 6.92 Å². The van der Waals surface area contributed by atoms with Gasteiger partial charge < -0.3 is 10.8 Å². The van der Waals surface area contributed by atoms with Crippen molar-refractivity contribution in [3.8, 4) is 0 Å². The summed E-state index contributed by atoms with van der Waals surface area (Å²) in [5.74, 6) is -0.700. The van der Waals surface area contributed by atoms with Gasteiger partial charge in [0.15, 0.2) is 0 Å². The highest BCUT2D eigenvalue weighted by Crippen LogP contribution is 2.10. The summed E-state index contributed by atoms with van der Waals surface area (Å²) in [4.78, 5) is 20.7. The second-order valence-electron chi connectivity index (χ2n) is 3.56. The zero-order chi connectivity index (χ0) is 11.8. The van der Waals surface area contributed by atoms with Crippen molar-refractivity contribution in [3.63, 3.8) is 0 Å². The lowest BCUT2D eigenvalue weighted by Gasteiger charge is -2.07. The Bertz CT molecular complexity index is 263. The van der Waals surface area contributed by atoms with Crippen molar-refractivity contribution >= 4 is 17.7 Å². The van der Waals surface area contributed by atoms with Gasteiger partial charge >= 0.3 is 12.0 Å². The molecule has 15 heavy (non-hydrogen) atoms. The number of aliphatic carboxylic acids is 1. The highest BCUT2D eigenvalue weighted by molar-refractivity contribution is 5.83. The molecule has 0 aromatic rings. The molecule has 0 rings (SSSR count). The Labute approximate surface area is 88.5 Å². The van der Waals surface area contributed by atoms with Gasteiger partial charge in [-0.05, 0) is 25.7 Å². The van der Waals surface area contributed by atoms with Crippen molar-refractivity contribution in [2.24, 2.45) is 16.8 Å². The van der Waals surface area contributed by atoms with Crippen LogP contribution in [-0.4, -0.2) is 22.8 Å². The molecule has 0 bridgehead atoms. The van der Waals surface area contributed by atoms with E-state index in [4.69, 9.17) is 10.8 Å². The standard InChI is InChI=1S/C9H17N3O3/c1-6(5-8(13)14)3-4-7(2)11-12-9(10)15/h6H,3-5H2,1-2H3,(H,13,14)(H3,10,12,15)/b11-7+/t6-/m1/s1. The molecule has 86 valence electrons. The Kier molecular flexibility index (Phi) is 6.08. The Morgan fingerprint density at radius 2 is 2.13 bits per heavy atom. The van der Waals surface area contributed by atoms with Crippen LogP contribution in [0.1, 0.15) is 33.1 Å². The lowest BCUT2D eigenvalue weighted by molar-refractivity contribution is -0.138. The fourth-order valence-corrected chi connectivity index (χ4v) is 1.06. The minimum absolute atomic E-state index is 0.0984. The van der Waals surface area contributed by atoms with Crippen molar-refractivity contribution < 1.29 is 14.7 Å². The summed E-state index contributed by atoms with van der Waals surface area (Å²) in [5, 5.41) is 12.2. The van der Waals surface area contributed by atoms with Crippen LogP contribution in [0.5, 0.6) is 0 Å². The number of carboxylic acid groups (broad SMARTS) is 1. The maximum Gasteiger partial charge on any atom is 0.332 e. The number of amides is 2. The number of nitrogens with one attached hydrogen (secondary N) is 1. The highest BCUT2D eigenvalue weighted by atomic mass is 16.4. The van der Waals surface area contributed by atoms with Crippen LogP contribution in [0.3, 0.4) is 0 Å². The first-order valence-corrected chi connectivity index (χ1v) is 4.72. The number of rotatable bonds is 6. The average molecular weight is 215 g/mol. The second-order valence-corrected chi connectivity index (χ2v) is 3.56. The minimum atomic E-state index is -0.799. The molecular weight excluding hydrogens is 198 g/mol. The molecule has 0 unspecified atom stereocenters. The van der Waals surface area contributed by atoms with Gasteiger partial charge in [-0.3, -0.25) is 4.79 Å². The normalized spacial score (nSPS) is 13.3. The van der Waals surface area contributed by atoms with Crippen molar-refractivity contribution in [1.82, 2.24) is 5.43 Å². The minimum Gasteiger partial charge on any atom is -0.481 e. The first kappa shape index (κ1) is 13.4. The van der Waals surface area contributed by atoms with Gasteiger partial charge in [-0.1, -0.05) is 6.92 Å². The number of nitrogens with zero attached hydrogens (tertiary/aromatic N) is 1. The van der Waals surface area contributed by atoms with Crippen LogP contribution >= 0.6 is 0 Å². The maximum absolute atomic E-state index is 10.4. The number of carboxylic acids is 1. The van der Waals surface area contributed by atoms with E-state index >= 15 is 0 Å². The van der Waals surface area contributed by atoms with Crippen molar-refractivity contribution in [1.29, 1.82) is 0 Å². The summed E-state index contributed by atoms with van der Waals surface area (Å²) in [7, 11) is 0. The third kappa shape index (κ3) is 8.73. The fraction of sp³-hybridized carbons (Fsp3) is 0.667. The Balaban J connectivity index is 3.79. The number of hydrazone groups is 1. The molecule has 0 heterocycles. The first-order chi connectivity index (χ1) is 6.91. The van der Waals surface area contributed by atoms with E-state index in [1.165, 1.54) is 0 Å². The third-order valence-corrected chi connectivity index (χ3v) is 1.88. The first-order valence-electron chi connectivity index (χ1n) is 4.72. The lowest BCUT2D eigenvalue weighted by Crippen LogP contribution is -2.25. The number of hydrogen-bond acceptors (Lipinski definition) is 3. The molecule has 0 spiro atoms. The molecule has 0 saturated heterocycles. The molecule has 1 atom stereocenters. The van der Waals surface area contributed by atoms with E-state index in [-0.39, 0.29) is 12.3 Å². The summed E-state index contributed by atoms with van der Waals surface area (Å²) in [6, 6.07) is -0.701. The number of carbonyl (C=O) groups excluding carboxylic acids is 1. The number of hydrogen-bond donors (Lipinski definition) is 3. The van der Waals surface area contributed by atoms with Crippen molar-refractivity contribution in [3.05, 3.63) is 0 Å². The molecule has 0 fully saturated rings. The van der Waals surface area contributed by atoms with Crippen LogP contribution in [0.4, 0.5) is 4.79 Å². The topological polar surface area (TPSA) is 105 Å². The molecule has 0 aromatic carbocycles. The van der Waals surface area contributed by atoms with Crippen LogP contribution < -0.4 is 11.2 Å². The zero-order valence-corrected chi connectivity index (χ0v) is 8.99. The molecule has 4 N–H and O–H groups in total. The molecular formula is C9H17N3O3. The van der Waals surface area contributed by atoms with Gasteiger partial charge in [0.2, 0.25) is 0 Å². The number of primary amides is 1. The SMILES string of the molecule is C/C(CC[C@@H](C)CC(=O)O)=N\NC(N)=O. The van der Waals surface area contributed by atoms with Crippen molar-refractivity contribution in [2.75, 3.05) is 0 Å². The molecule has 0 radical (unpaired) electrons. The number of nitrogens with two attached hydrogens (primary N) is 1. The molecule has 0 aliphatic carbocycles. The van der Waals surface area contributed by atoms with Gasteiger partial charge in [-0.15, -0.1) is 0 Å². The third-order valence-electron chi connectivity index (χ3n) is 1.88. The van der Waals surface area contributed by atoms with Crippen LogP contribution in [0.25, 0.3) is 0 Å². The molecule has 6 nitrogen and oxygen atoms in total. The molecule has 6 heteroatoms. The summed E-state index contributed by atoms with van der Waals surface area (Å²) < 4.78 is 0. The van der Waals surface area contributed by atoms with E-state index in [2.05, 4.69) is 10.5 Å². The van der Waals surface area contributed by atoms with E-state index in [0.717, 1.165) is 12.1 Å². The molecule has 0 aliphatic heterocycles. The number of urea groups is 1. The van der Waals surface area contributed by atoms with E-state index in [0.29, 0.717) is 6.42 Å². The highest BCUT2D eigenvalue weighted by Gasteiger charge is 2.07. The molecule has 2 amide bonds. The Morgan fingerprint density at radius 1 is 1.53 bits per heavy atom. The Morgan fingerprint density at radius 3 is 2.60 bits per heavy atom. The van der Waals surface area contributed by atoms with Gasteiger partial charge in [0.05, 0.1) is 0 Å². The van der Waals surface area contributed by atoms with Crippen LogP contribution in [0.15, 0.2) is 5.10 Å². The average Bonchev–Trinajstić information content (AvgIpc) is 2.10. The zero-order valence-electron chi connectivity index (χ0n) is 8.99. The van der Waals surface area contributed by atoms with Gasteiger partial charge in [-0.2, -0.15) is 5.10 Å².